The number of anilines is 1. The van der Waals surface area contributed by atoms with Gasteiger partial charge in [-0.1, -0.05) is 0 Å². The number of hydrogen-bond donors (Lipinski definition) is 2. The first-order chi connectivity index (χ1) is 11.5. The lowest BCUT2D eigenvalue weighted by Crippen LogP contribution is -2.37. The molecule has 10 heteroatoms. The van der Waals surface area contributed by atoms with Crippen LogP contribution in [0.15, 0.2) is 15.3 Å². The van der Waals surface area contributed by atoms with Gasteiger partial charge in [-0.3, -0.25) is 19.4 Å². The Bertz CT molecular complexity index is 778. The van der Waals surface area contributed by atoms with Crippen LogP contribution in [0.4, 0.5) is 5.69 Å². The summed E-state index contributed by atoms with van der Waals surface area (Å²) in [7, 11) is 1.69. The van der Waals surface area contributed by atoms with Crippen molar-refractivity contribution in [2.75, 3.05) is 18.4 Å². The molecule has 1 saturated heterocycles. The molecule has 2 N–H and O–H groups in total. The monoisotopic (exact) mass is 458 g/mol. The smallest absolute Gasteiger partial charge is 0.277 e. The van der Waals surface area contributed by atoms with Crippen molar-refractivity contribution in [3.63, 3.8) is 0 Å². The normalized spacial score (nSPS) is 14.7. The quantitative estimate of drug-likeness (QED) is 0.737. The molecule has 3 rings (SSSR count). The van der Waals surface area contributed by atoms with E-state index in [9.17, 15) is 9.59 Å². The highest BCUT2D eigenvalue weighted by molar-refractivity contribution is 9.13. The van der Waals surface area contributed by atoms with E-state index in [1.807, 2.05) is 0 Å². The summed E-state index contributed by atoms with van der Waals surface area (Å²) in [5.74, 6) is -0.545. The van der Waals surface area contributed by atoms with Crippen molar-refractivity contribution < 1.29 is 9.59 Å². The minimum absolute atomic E-state index is 0.118. The van der Waals surface area contributed by atoms with Crippen LogP contribution in [-0.2, 0) is 7.05 Å². The average molecular weight is 460 g/mol. The van der Waals surface area contributed by atoms with Gasteiger partial charge in [-0.05, 0) is 51.1 Å². The number of nitrogens with one attached hydrogen (secondary N) is 2. The molecular formula is C14H16Br2N6O2. The number of carbonyl (C=O) groups is 2. The first kappa shape index (κ1) is 17.2. The molecule has 0 spiro atoms. The molecule has 8 nitrogen and oxygen atoms in total. The molecule has 0 bridgehead atoms. The van der Waals surface area contributed by atoms with Crippen LogP contribution in [0.1, 0.15) is 40.2 Å². The number of piperidine rings is 1. The molecule has 0 aromatic carbocycles. The van der Waals surface area contributed by atoms with Gasteiger partial charge in [0.25, 0.3) is 11.8 Å². The van der Waals surface area contributed by atoms with Crippen molar-refractivity contribution in [3.8, 4) is 0 Å². The van der Waals surface area contributed by atoms with E-state index in [1.165, 1.54) is 10.9 Å². The fourth-order valence-corrected chi connectivity index (χ4v) is 3.30. The summed E-state index contributed by atoms with van der Waals surface area (Å²) in [6.07, 6.45) is 4.62. The Kier molecular flexibility index (Phi) is 5.04. The molecule has 2 aromatic rings. The summed E-state index contributed by atoms with van der Waals surface area (Å²) >= 11 is 6.52. The van der Waals surface area contributed by atoms with E-state index in [4.69, 9.17) is 0 Å². The molecule has 2 amide bonds. The molecule has 1 aliphatic rings. The number of carbonyl (C=O) groups excluding carboxylic acids is 2. The van der Waals surface area contributed by atoms with Crippen molar-refractivity contribution in [1.29, 1.82) is 0 Å². The van der Waals surface area contributed by atoms with Crippen LogP contribution in [0.5, 0.6) is 0 Å². The summed E-state index contributed by atoms with van der Waals surface area (Å²) in [5.41, 5.74) is 0.946. The van der Waals surface area contributed by atoms with E-state index in [2.05, 4.69) is 52.5 Å². The standard InChI is InChI=1S/C14H16Br2N6O2/c1-21-11(14(24)22-5-3-2-4-6-22)8(7-17-21)18-13(23)10-9(15)12(16)20-19-10/h7H,2-6H2,1H3,(H,18,23)(H,19,20). The Balaban J connectivity index is 1.83. The highest BCUT2D eigenvalue weighted by atomic mass is 79.9. The number of H-pyrrole nitrogens is 1. The summed E-state index contributed by atoms with van der Waals surface area (Å²) in [6, 6.07) is 0. The summed E-state index contributed by atoms with van der Waals surface area (Å²) < 4.78 is 2.58. The molecule has 0 unspecified atom stereocenters. The van der Waals surface area contributed by atoms with Gasteiger partial charge in [-0.15, -0.1) is 0 Å². The van der Waals surface area contributed by atoms with E-state index < -0.39 is 5.91 Å². The lowest BCUT2D eigenvalue weighted by molar-refractivity contribution is 0.0714. The fraction of sp³-hybridized carbons (Fsp3) is 0.429. The van der Waals surface area contributed by atoms with Gasteiger partial charge in [-0.2, -0.15) is 10.2 Å². The zero-order valence-corrected chi connectivity index (χ0v) is 16.1. The third-order valence-electron chi connectivity index (χ3n) is 3.91. The number of halogens is 2. The number of hydrogen-bond acceptors (Lipinski definition) is 4. The third kappa shape index (κ3) is 3.25. The van der Waals surface area contributed by atoms with Gasteiger partial charge in [0, 0.05) is 20.1 Å². The first-order valence-corrected chi connectivity index (χ1v) is 9.09. The molecule has 0 saturated carbocycles. The second-order valence-electron chi connectivity index (χ2n) is 5.54. The van der Waals surface area contributed by atoms with Gasteiger partial charge in [0.05, 0.1) is 16.4 Å². The summed E-state index contributed by atoms with van der Waals surface area (Å²) in [6.45, 7) is 1.46. The molecule has 3 heterocycles. The van der Waals surface area contributed by atoms with E-state index in [1.54, 1.807) is 11.9 Å². The van der Waals surface area contributed by atoms with Crippen LogP contribution in [0, 0.1) is 0 Å². The van der Waals surface area contributed by atoms with Crippen LogP contribution in [0.25, 0.3) is 0 Å². The fourth-order valence-electron chi connectivity index (χ4n) is 2.67. The highest BCUT2D eigenvalue weighted by Crippen LogP contribution is 2.25. The van der Waals surface area contributed by atoms with Gasteiger partial charge in [-0.25, -0.2) is 0 Å². The molecule has 24 heavy (non-hydrogen) atoms. The first-order valence-electron chi connectivity index (χ1n) is 7.51. The Labute approximate surface area is 155 Å². The number of aromatic nitrogens is 4. The topological polar surface area (TPSA) is 95.9 Å². The molecule has 0 atom stereocenters. The minimum Gasteiger partial charge on any atom is -0.337 e. The molecule has 0 radical (unpaired) electrons. The maximum absolute atomic E-state index is 12.8. The van der Waals surface area contributed by atoms with Crippen LogP contribution < -0.4 is 5.32 Å². The number of nitrogens with zero attached hydrogens (tertiary/aromatic N) is 4. The predicted octanol–water partition coefficient (Wildman–Crippen LogP) is 2.55. The van der Waals surface area contributed by atoms with Crippen molar-refractivity contribution >= 4 is 49.4 Å². The Morgan fingerprint density at radius 1 is 1.25 bits per heavy atom. The number of amides is 2. The van der Waals surface area contributed by atoms with Crippen molar-refractivity contribution in [2.24, 2.45) is 7.05 Å². The van der Waals surface area contributed by atoms with Crippen molar-refractivity contribution in [3.05, 3.63) is 26.7 Å². The van der Waals surface area contributed by atoms with E-state index in [-0.39, 0.29) is 11.6 Å². The number of aromatic amines is 1. The zero-order chi connectivity index (χ0) is 17.3. The Morgan fingerprint density at radius 2 is 1.96 bits per heavy atom. The largest absolute Gasteiger partial charge is 0.337 e. The predicted molar refractivity (Wildman–Crippen MR) is 94.9 cm³/mol. The molecule has 1 aliphatic heterocycles. The SMILES string of the molecule is Cn1ncc(NC(=O)c2n[nH]c(Br)c2Br)c1C(=O)N1CCCCC1. The van der Waals surface area contributed by atoms with E-state index >= 15 is 0 Å². The molecule has 1 fully saturated rings. The van der Waals surface area contributed by atoms with Crippen LogP contribution in [0.2, 0.25) is 0 Å². The third-order valence-corrected chi connectivity index (χ3v) is 5.79. The van der Waals surface area contributed by atoms with Crippen LogP contribution in [-0.4, -0.2) is 49.8 Å². The van der Waals surface area contributed by atoms with E-state index in [0.29, 0.717) is 20.5 Å². The number of rotatable bonds is 3. The Hall–Kier alpha value is -1.68. The number of aryl methyl sites for hydroxylation is 1. The van der Waals surface area contributed by atoms with Gasteiger partial charge < -0.3 is 10.2 Å². The second-order valence-corrected chi connectivity index (χ2v) is 7.12. The van der Waals surface area contributed by atoms with Gasteiger partial charge >= 0.3 is 0 Å². The van der Waals surface area contributed by atoms with Crippen LogP contribution in [0.3, 0.4) is 0 Å². The maximum atomic E-state index is 12.8. The van der Waals surface area contributed by atoms with Gasteiger partial charge in [0.2, 0.25) is 0 Å². The van der Waals surface area contributed by atoms with Gasteiger partial charge in [0.1, 0.15) is 10.3 Å². The molecule has 2 aromatic heterocycles. The van der Waals surface area contributed by atoms with Gasteiger partial charge in [0.15, 0.2) is 5.69 Å². The molecular weight excluding hydrogens is 444 g/mol. The van der Waals surface area contributed by atoms with Crippen molar-refractivity contribution in [2.45, 2.75) is 19.3 Å². The lowest BCUT2D eigenvalue weighted by Gasteiger charge is -2.27. The highest BCUT2D eigenvalue weighted by Gasteiger charge is 2.26. The molecule has 128 valence electrons. The maximum Gasteiger partial charge on any atom is 0.277 e. The average Bonchev–Trinajstić information content (AvgIpc) is 3.11. The Morgan fingerprint density at radius 3 is 2.58 bits per heavy atom. The second kappa shape index (κ2) is 7.06. The van der Waals surface area contributed by atoms with E-state index in [0.717, 1.165) is 32.4 Å². The lowest BCUT2D eigenvalue weighted by atomic mass is 10.1. The summed E-state index contributed by atoms with van der Waals surface area (Å²) in [4.78, 5) is 27.0. The summed E-state index contributed by atoms with van der Waals surface area (Å²) in [5, 5.41) is 13.4. The zero-order valence-electron chi connectivity index (χ0n) is 13.0. The number of likely N-dealkylation sites (tertiary alicyclic amines) is 1. The minimum atomic E-state index is -0.426. The van der Waals surface area contributed by atoms with Crippen LogP contribution >= 0.6 is 31.9 Å². The van der Waals surface area contributed by atoms with Crippen molar-refractivity contribution in [1.82, 2.24) is 24.9 Å². The molecule has 0 aliphatic carbocycles.